The Morgan fingerprint density at radius 1 is 1.24 bits per heavy atom. The SMILES string of the molecule is COC(=O)Cn1cc(/C=N\NCc2ccccc2Cl)c2ccccc21. The van der Waals surface area contributed by atoms with E-state index in [1.165, 1.54) is 7.11 Å². The first-order chi connectivity index (χ1) is 12.2. The molecular formula is C19H18ClN3O2. The van der Waals surface area contributed by atoms with E-state index in [-0.39, 0.29) is 12.5 Å². The maximum atomic E-state index is 11.6. The lowest BCUT2D eigenvalue weighted by atomic mass is 10.2. The molecule has 0 spiro atoms. The Hall–Kier alpha value is -2.79. The molecule has 0 aliphatic carbocycles. The number of rotatable bonds is 6. The van der Waals surface area contributed by atoms with Crippen LogP contribution in [0.4, 0.5) is 0 Å². The number of ether oxygens (including phenoxy) is 1. The summed E-state index contributed by atoms with van der Waals surface area (Å²) < 4.78 is 6.61. The van der Waals surface area contributed by atoms with Gasteiger partial charge in [0.25, 0.3) is 0 Å². The standard InChI is InChI=1S/C19H18ClN3O2/c1-25-19(24)13-23-12-15(16-7-3-5-9-18(16)23)11-22-21-10-14-6-2-4-8-17(14)20/h2-9,11-12,21H,10,13H2,1H3/b22-11-. The first-order valence-corrected chi connectivity index (χ1v) is 8.21. The number of fused-ring (bicyclic) bond motifs is 1. The second-order valence-corrected chi connectivity index (χ2v) is 5.90. The largest absolute Gasteiger partial charge is 0.468 e. The molecule has 0 aliphatic heterocycles. The van der Waals surface area contributed by atoms with E-state index in [1.807, 2.05) is 59.3 Å². The fraction of sp³-hybridized carbons (Fsp3) is 0.158. The molecule has 6 heteroatoms. The summed E-state index contributed by atoms with van der Waals surface area (Å²) in [4.78, 5) is 11.6. The van der Waals surface area contributed by atoms with Crippen LogP contribution < -0.4 is 5.43 Å². The number of para-hydroxylation sites is 1. The van der Waals surface area contributed by atoms with Crippen molar-refractivity contribution >= 4 is 34.7 Å². The summed E-state index contributed by atoms with van der Waals surface area (Å²) in [5.74, 6) is -0.291. The van der Waals surface area contributed by atoms with Crippen molar-refractivity contribution in [3.63, 3.8) is 0 Å². The van der Waals surface area contributed by atoms with Gasteiger partial charge in [-0.2, -0.15) is 5.10 Å². The summed E-state index contributed by atoms with van der Waals surface area (Å²) in [5.41, 5.74) is 5.86. The van der Waals surface area contributed by atoms with Gasteiger partial charge in [-0.25, -0.2) is 0 Å². The number of carbonyl (C=O) groups is 1. The molecule has 25 heavy (non-hydrogen) atoms. The summed E-state index contributed by atoms with van der Waals surface area (Å²) >= 11 is 6.12. The van der Waals surface area contributed by atoms with Crippen LogP contribution in [0.15, 0.2) is 59.8 Å². The van der Waals surface area contributed by atoms with Crippen molar-refractivity contribution in [3.8, 4) is 0 Å². The zero-order chi connectivity index (χ0) is 17.6. The predicted molar refractivity (Wildman–Crippen MR) is 99.8 cm³/mol. The van der Waals surface area contributed by atoms with Gasteiger partial charge in [0, 0.05) is 27.7 Å². The number of hydrogen-bond donors (Lipinski definition) is 1. The van der Waals surface area contributed by atoms with Crippen LogP contribution in [0.2, 0.25) is 5.02 Å². The van der Waals surface area contributed by atoms with Gasteiger partial charge < -0.3 is 14.7 Å². The Morgan fingerprint density at radius 3 is 2.80 bits per heavy atom. The minimum absolute atomic E-state index is 0.165. The maximum Gasteiger partial charge on any atom is 0.325 e. The van der Waals surface area contributed by atoms with Crippen LogP contribution in [0.3, 0.4) is 0 Å². The van der Waals surface area contributed by atoms with Crippen LogP contribution in [0.25, 0.3) is 10.9 Å². The number of carbonyl (C=O) groups excluding carboxylic acids is 1. The first kappa shape index (κ1) is 17.0. The lowest BCUT2D eigenvalue weighted by Crippen LogP contribution is -2.10. The molecule has 128 valence electrons. The molecule has 0 saturated carbocycles. The van der Waals surface area contributed by atoms with E-state index in [0.717, 1.165) is 22.0 Å². The zero-order valence-corrected chi connectivity index (χ0v) is 14.5. The van der Waals surface area contributed by atoms with Crippen molar-refractivity contribution in [2.24, 2.45) is 5.10 Å². The van der Waals surface area contributed by atoms with Crippen molar-refractivity contribution in [1.82, 2.24) is 9.99 Å². The number of hydrogen-bond acceptors (Lipinski definition) is 4. The lowest BCUT2D eigenvalue weighted by molar-refractivity contribution is -0.141. The van der Waals surface area contributed by atoms with E-state index in [9.17, 15) is 4.79 Å². The number of methoxy groups -OCH3 is 1. The quantitative estimate of drug-likeness (QED) is 0.417. The molecule has 0 atom stereocenters. The monoisotopic (exact) mass is 355 g/mol. The number of aromatic nitrogens is 1. The first-order valence-electron chi connectivity index (χ1n) is 7.83. The number of hydrazone groups is 1. The van der Waals surface area contributed by atoms with Gasteiger partial charge in [0.15, 0.2) is 0 Å². The van der Waals surface area contributed by atoms with Crippen LogP contribution in [0, 0.1) is 0 Å². The average Bonchev–Trinajstić information content (AvgIpc) is 2.98. The fourth-order valence-electron chi connectivity index (χ4n) is 2.60. The average molecular weight is 356 g/mol. The molecule has 1 N–H and O–H groups in total. The Labute approximate surface area is 150 Å². The second kappa shape index (κ2) is 7.85. The molecular weight excluding hydrogens is 338 g/mol. The zero-order valence-electron chi connectivity index (χ0n) is 13.8. The van der Waals surface area contributed by atoms with Gasteiger partial charge in [-0.3, -0.25) is 4.79 Å². The highest BCUT2D eigenvalue weighted by molar-refractivity contribution is 6.31. The Kier molecular flexibility index (Phi) is 5.36. The summed E-state index contributed by atoms with van der Waals surface area (Å²) in [6.07, 6.45) is 3.63. The maximum absolute atomic E-state index is 11.6. The van der Waals surface area contributed by atoms with Gasteiger partial charge >= 0.3 is 5.97 Å². The van der Waals surface area contributed by atoms with Crippen molar-refractivity contribution in [2.45, 2.75) is 13.1 Å². The van der Waals surface area contributed by atoms with Gasteiger partial charge in [-0.05, 0) is 17.7 Å². The minimum Gasteiger partial charge on any atom is -0.468 e. The van der Waals surface area contributed by atoms with Crippen molar-refractivity contribution < 1.29 is 9.53 Å². The van der Waals surface area contributed by atoms with Crippen LogP contribution in [-0.2, 0) is 22.6 Å². The van der Waals surface area contributed by atoms with Crippen LogP contribution in [-0.4, -0.2) is 23.9 Å². The lowest BCUT2D eigenvalue weighted by Gasteiger charge is -2.02. The number of nitrogens with one attached hydrogen (secondary N) is 1. The van der Waals surface area contributed by atoms with E-state index >= 15 is 0 Å². The summed E-state index contributed by atoms with van der Waals surface area (Å²) in [6.45, 7) is 0.703. The van der Waals surface area contributed by atoms with Gasteiger partial charge in [-0.15, -0.1) is 0 Å². The van der Waals surface area contributed by atoms with E-state index in [0.29, 0.717) is 11.6 Å². The molecule has 5 nitrogen and oxygen atoms in total. The highest BCUT2D eigenvalue weighted by atomic mass is 35.5. The number of benzene rings is 2. The number of nitrogens with zero attached hydrogens (tertiary/aromatic N) is 2. The smallest absolute Gasteiger partial charge is 0.325 e. The highest BCUT2D eigenvalue weighted by Gasteiger charge is 2.09. The third-order valence-electron chi connectivity index (χ3n) is 3.87. The van der Waals surface area contributed by atoms with E-state index in [4.69, 9.17) is 16.3 Å². The molecule has 3 aromatic rings. The molecule has 0 bridgehead atoms. The molecule has 0 radical (unpaired) electrons. The number of esters is 1. The molecule has 3 rings (SSSR count). The summed E-state index contributed by atoms with van der Waals surface area (Å²) in [6, 6.07) is 15.5. The molecule has 2 aromatic carbocycles. The molecule has 1 heterocycles. The van der Waals surface area contributed by atoms with Crippen molar-refractivity contribution in [1.29, 1.82) is 0 Å². The minimum atomic E-state index is -0.291. The fourth-order valence-corrected chi connectivity index (χ4v) is 2.80. The Bertz CT molecular complexity index is 918. The van der Waals surface area contributed by atoms with E-state index < -0.39 is 0 Å². The van der Waals surface area contributed by atoms with Gasteiger partial charge in [0.2, 0.25) is 0 Å². The second-order valence-electron chi connectivity index (χ2n) is 5.49. The Morgan fingerprint density at radius 2 is 2.00 bits per heavy atom. The molecule has 0 aliphatic rings. The molecule has 0 unspecified atom stereocenters. The third-order valence-corrected chi connectivity index (χ3v) is 4.24. The van der Waals surface area contributed by atoms with E-state index in [2.05, 4.69) is 10.5 Å². The molecule has 0 saturated heterocycles. The summed E-state index contributed by atoms with van der Waals surface area (Å²) in [5, 5.41) is 6.01. The van der Waals surface area contributed by atoms with Gasteiger partial charge in [0.1, 0.15) is 6.54 Å². The topological polar surface area (TPSA) is 55.6 Å². The predicted octanol–water partition coefficient (Wildman–Crippen LogP) is 3.59. The van der Waals surface area contributed by atoms with Gasteiger partial charge in [0.05, 0.1) is 19.9 Å². The van der Waals surface area contributed by atoms with Crippen molar-refractivity contribution in [3.05, 3.63) is 70.9 Å². The third kappa shape index (κ3) is 4.00. The summed E-state index contributed by atoms with van der Waals surface area (Å²) in [7, 11) is 1.38. The van der Waals surface area contributed by atoms with Crippen LogP contribution >= 0.6 is 11.6 Å². The van der Waals surface area contributed by atoms with Crippen LogP contribution in [0.5, 0.6) is 0 Å². The number of halogens is 1. The molecule has 0 amide bonds. The van der Waals surface area contributed by atoms with Crippen molar-refractivity contribution in [2.75, 3.05) is 7.11 Å². The van der Waals surface area contributed by atoms with Crippen LogP contribution in [0.1, 0.15) is 11.1 Å². The normalized spacial score (nSPS) is 11.1. The highest BCUT2D eigenvalue weighted by Crippen LogP contribution is 2.20. The molecule has 0 fully saturated rings. The Balaban J connectivity index is 1.77. The van der Waals surface area contributed by atoms with Gasteiger partial charge in [-0.1, -0.05) is 48.0 Å². The van der Waals surface area contributed by atoms with E-state index in [1.54, 1.807) is 6.21 Å². The molecule has 1 aromatic heterocycles.